The van der Waals surface area contributed by atoms with E-state index < -0.39 is 11.8 Å². The summed E-state index contributed by atoms with van der Waals surface area (Å²) >= 11 is 0. The van der Waals surface area contributed by atoms with Crippen LogP contribution in [0.25, 0.3) is 0 Å². The Morgan fingerprint density at radius 3 is 2.76 bits per heavy atom. The molecule has 5 heteroatoms. The lowest BCUT2D eigenvalue weighted by molar-refractivity contribution is -0.135. The van der Waals surface area contributed by atoms with Crippen molar-refractivity contribution in [3.05, 3.63) is 65.2 Å². The van der Waals surface area contributed by atoms with Gasteiger partial charge in [0.15, 0.2) is 11.4 Å². The molecule has 0 radical (unpaired) electrons. The fraction of sp³-hybridized carbons (Fsp3) is 0.300. The number of carbonyl (C=O) groups excluding carboxylic acids is 1. The maximum absolute atomic E-state index is 13.2. The van der Waals surface area contributed by atoms with Gasteiger partial charge in [-0.2, -0.15) is 0 Å². The molecule has 1 aliphatic carbocycles. The number of fused-ring (bicyclic) bond motifs is 5. The number of ketones is 1. The summed E-state index contributed by atoms with van der Waals surface area (Å²) in [6.45, 7) is 0.0103. The van der Waals surface area contributed by atoms with Crippen LogP contribution >= 0.6 is 0 Å². The predicted octanol–water partition coefficient (Wildman–Crippen LogP) is 3.66. The second-order valence-electron chi connectivity index (χ2n) is 6.43. The van der Waals surface area contributed by atoms with Crippen molar-refractivity contribution < 1.29 is 24.2 Å². The number of para-hydroxylation sites is 1. The molecule has 2 unspecified atom stereocenters. The predicted molar refractivity (Wildman–Crippen MR) is 89.9 cm³/mol. The third-order valence-electron chi connectivity index (χ3n) is 5.09. The normalized spacial score (nSPS) is 22.5. The zero-order chi connectivity index (χ0) is 17.4. The van der Waals surface area contributed by atoms with Gasteiger partial charge in [-0.25, -0.2) is 4.79 Å². The molecular weight excluding hydrogens is 320 g/mol. The number of hydrogen-bond donors (Lipinski definition) is 1. The van der Waals surface area contributed by atoms with Gasteiger partial charge in [0.25, 0.3) is 0 Å². The van der Waals surface area contributed by atoms with Crippen LogP contribution in [0.3, 0.4) is 0 Å². The minimum atomic E-state index is -1.32. The topological polar surface area (TPSA) is 72.8 Å². The van der Waals surface area contributed by atoms with Crippen LogP contribution < -0.4 is 4.74 Å². The van der Waals surface area contributed by atoms with E-state index >= 15 is 0 Å². The van der Waals surface area contributed by atoms with Crippen LogP contribution in [0.2, 0.25) is 0 Å². The molecule has 5 nitrogen and oxygen atoms in total. The third-order valence-corrected chi connectivity index (χ3v) is 5.09. The molecular formula is C20H18O5. The summed E-state index contributed by atoms with van der Waals surface area (Å²) < 4.78 is 10.8. The minimum absolute atomic E-state index is 0.0103. The molecule has 2 atom stereocenters. The molecule has 1 heterocycles. The van der Waals surface area contributed by atoms with Crippen molar-refractivity contribution in [3.8, 4) is 5.75 Å². The van der Waals surface area contributed by atoms with E-state index in [4.69, 9.17) is 9.84 Å². The van der Waals surface area contributed by atoms with E-state index in [0.29, 0.717) is 6.42 Å². The molecule has 2 aromatic rings. The average Bonchev–Trinajstić information content (AvgIpc) is 3.11. The molecule has 0 saturated carbocycles. The van der Waals surface area contributed by atoms with Crippen molar-refractivity contribution in [1.29, 1.82) is 0 Å². The lowest BCUT2D eigenvalue weighted by atomic mass is 9.80. The fourth-order valence-electron chi connectivity index (χ4n) is 4.08. The highest BCUT2D eigenvalue weighted by Gasteiger charge is 2.58. The molecule has 2 aromatic carbocycles. The lowest BCUT2D eigenvalue weighted by Crippen LogP contribution is -2.41. The first-order valence-corrected chi connectivity index (χ1v) is 8.38. The highest BCUT2D eigenvalue weighted by Crippen LogP contribution is 2.57. The Labute approximate surface area is 145 Å². The van der Waals surface area contributed by atoms with Crippen LogP contribution in [-0.2, 0) is 21.6 Å². The summed E-state index contributed by atoms with van der Waals surface area (Å²) in [4.78, 5) is 23.7. The van der Waals surface area contributed by atoms with Crippen LogP contribution in [0.4, 0.5) is 4.79 Å². The number of carboxylic acid groups (broad SMARTS) is 1. The summed E-state index contributed by atoms with van der Waals surface area (Å²) in [5.41, 5.74) is 2.13. The summed E-state index contributed by atoms with van der Waals surface area (Å²) in [7, 11) is 0. The molecule has 0 saturated heterocycles. The third kappa shape index (κ3) is 2.38. The molecule has 0 fully saturated rings. The lowest BCUT2D eigenvalue weighted by Gasteiger charge is -2.29. The standard InChI is InChI=1S/C20H18O5/c21-18(10-5-11-24-19(22)23)20-15-8-3-1-6-13(15)12-16(20)14-7-2-4-9-17(14)25-20/h1-4,6-9,16H,5,10-12H2,(H,22,23). The van der Waals surface area contributed by atoms with Gasteiger partial charge in [-0.15, -0.1) is 0 Å². The van der Waals surface area contributed by atoms with E-state index in [1.807, 2.05) is 48.5 Å². The summed E-state index contributed by atoms with van der Waals surface area (Å²) in [5, 5.41) is 8.56. The number of carbonyl (C=O) groups is 2. The Morgan fingerprint density at radius 1 is 1.16 bits per heavy atom. The van der Waals surface area contributed by atoms with Gasteiger partial charge in [0.05, 0.1) is 6.61 Å². The first-order valence-electron chi connectivity index (χ1n) is 8.38. The van der Waals surface area contributed by atoms with Gasteiger partial charge in [-0.05, 0) is 24.5 Å². The van der Waals surface area contributed by atoms with Crippen LogP contribution in [0, 0.1) is 0 Å². The van der Waals surface area contributed by atoms with Crippen LogP contribution in [0.15, 0.2) is 48.5 Å². The summed E-state index contributed by atoms with van der Waals surface area (Å²) in [5.74, 6) is 0.707. The van der Waals surface area contributed by atoms with Gasteiger partial charge < -0.3 is 14.6 Å². The van der Waals surface area contributed by atoms with E-state index in [9.17, 15) is 9.59 Å². The quantitative estimate of drug-likeness (QED) is 0.665. The van der Waals surface area contributed by atoms with Crippen molar-refractivity contribution in [2.24, 2.45) is 0 Å². The molecule has 2 aliphatic rings. The molecule has 4 rings (SSSR count). The van der Waals surface area contributed by atoms with Crippen molar-refractivity contribution in [2.45, 2.75) is 30.8 Å². The zero-order valence-electron chi connectivity index (χ0n) is 13.6. The van der Waals surface area contributed by atoms with Gasteiger partial charge in [-0.3, -0.25) is 4.79 Å². The van der Waals surface area contributed by atoms with E-state index in [-0.39, 0.29) is 24.7 Å². The summed E-state index contributed by atoms with van der Waals surface area (Å²) in [6, 6.07) is 15.7. The Hall–Kier alpha value is -2.82. The van der Waals surface area contributed by atoms with Gasteiger partial charge >= 0.3 is 6.16 Å². The molecule has 1 aliphatic heterocycles. The number of Topliss-reactive ketones (excluding diaryl/α,β-unsaturated/α-hetero) is 1. The number of rotatable bonds is 5. The van der Waals surface area contributed by atoms with Crippen LogP contribution in [0.5, 0.6) is 5.75 Å². The molecule has 0 bridgehead atoms. The Kier molecular flexibility index (Phi) is 3.71. The molecule has 25 heavy (non-hydrogen) atoms. The van der Waals surface area contributed by atoms with Crippen molar-refractivity contribution in [2.75, 3.05) is 6.61 Å². The van der Waals surface area contributed by atoms with E-state index in [1.165, 1.54) is 0 Å². The number of hydrogen-bond acceptors (Lipinski definition) is 4. The molecule has 0 spiro atoms. The monoisotopic (exact) mass is 338 g/mol. The fourth-order valence-corrected chi connectivity index (χ4v) is 4.08. The second-order valence-corrected chi connectivity index (χ2v) is 6.43. The van der Waals surface area contributed by atoms with Gasteiger partial charge in [0.2, 0.25) is 0 Å². The molecule has 128 valence electrons. The maximum Gasteiger partial charge on any atom is 0.505 e. The van der Waals surface area contributed by atoms with Crippen LogP contribution in [-0.4, -0.2) is 23.7 Å². The van der Waals surface area contributed by atoms with Crippen LogP contribution in [0.1, 0.15) is 35.4 Å². The van der Waals surface area contributed by atoms with Crippen molar-refractivity contribution >= 4 is 11.9 Å². The van der Waals surface area contributed by atoms with Gasteiger partial charge in [0, 0.05) is 23.5 Å². The van der Waals surface area contributed by atoms with E-state index in [1.54, 1.807) is 0 Å². The zero-order valence-corrected chi connectivity index (χ0v) is 13.6. The second kappa shape index (κ2) is 5.92. The van der Waals surface area contributed by atoms with E-state index in [2.05, 4.69) is 4.74 Å². The average molecular weight is 338 g/mol. The summed E-state index contributed by atoms with van der Waals surface area (Å²) in [6.07, 6.45) is 0.0113. The highest BCUT2D eigenvalue weighted by molar-refractivity contribution is 5.93. The first kappa shape index (κ1) is 15.7. The number of benzene rings is 2. The molecule has 1 N–H and O–H groups in total. The molecule has 0 amide bonds. The minimum Gasteiger partial charge on any atom is -0.474 e. The Bertz CT molecular complexity index is 843. The largest absolute Gasteiger partial charge is 0.505 e. The first-order chi connectivity index (χ1) is 12.1. The van der Waals surface area contributed by atoms with Gasteiger partial charge in [-0.1, -0.05) is 42.5 Å². The Morgan fingerprint density at radius 2 is 1.92 bits per heavy atom. The molecule has 0 aromatic heterocycles. The highest BCUT2D eigenvalue weighted by atomic mass is 16.7. The van der Waals surface area contributed by atoms with Gasteiger partial charge in [0.1, 0.15) is 5.75 Å². The SMILES string of the molecule is O=C(O)OCCCC(=O)C12Oc3ccccc3C1Cc1ccccc12. The smallest absolute Gasteiger partial charge is 0.474 e. The van der Waals surface area contributed by atoms with Crippen molar-refractivity contribution in [3.63, 3.8) is 0 Å². The van der Waals surface area contributed by atoms with Crippen molar-refractivity contribution in [1.82, 2.24) is 0 Å². The number of ether oxygens (including phenoxy) is 2. The maximum atomic E-state index is 13.2. The Balaban J connectivity index is 1.66. The van der Waals surface area contributed by atoms with E-state index in [0.717, 1.165) is 28.9 Å².